The highest BCUT2D eigenvalue weighted by Crippen LogP contribution is 2.35. The molecule has 2 heterocycles. The Hall–Kier alpha value is -2.51. The highest BCUT2D eigenvalue weighted by molar-refractivity contribution is 7.91. The van der Waals surface area contributed by atoms with Gasteiger partial charge in [-0.25, -0.2) is 8.42 Å². The van der Waals surface area contributed by atoms with Crippen molar-refractivity contribution in [3.05, 3.63) is 59.2 Å². The number of likely N-dealkylation sites (tertiary alicyclic amines) is 1. The van der Waals surface area contributed by atoms with Crippen LogP contribution in [0.5, 0.6) is 0 Å². The molecule has 146 valence electrons. The van der Waals surface area contributed by atoms with Crippen LogP contribution in [0, 0.1) is 5.41 Å². The van der Waals surface area contributed by atoms with Crippen LogP contribution in [0.4, 0.5) is 0 Å². The lowest BCUT2D eigenvalue weighted by Gasteiger charge is -2.42. The Morgan fingerprint density at radius 3 is 2.50 bits per heavy atom. The van der Waals surface area contributed by atoms with Crippen molar-refractivity contribution in [2.24, 2.45) is 11.1 Å². The zero-order valence-corrected chi connectivity index (χ0v) is 16.6. The van der Waals surface area contributed by atoms with Gasteiger partial charge < -0.3 is 10.6 Å². The van der Waals surface area contributed by atoms with Crippen LogP contribution in [0.3, 0.4) is 0 Å². The van der Waals surface area contributed by atoms with E-state index in [4.69, 9.17) is 5.73 Å². The molecule has 2 aromatic rings. The fourth-order valence-corrected chi connectivity index (χ4v) is 5.62. The monoisotopic (exact) mass is 398 g/mol. The van der Waals surface area contributed by atoms with E-state index in [1.165, 1.54) is 30.3 Å². The quantitative estimate of drug-likeness (QED) is 0.678. The zero-order valence-electron chi connectivity index (χ0n) is 15.8. The third-order valence-electron chi connectivity index (χ3n) is 5.78. The van der Waals surface area contributed by atoms with E-state index < -0.39 is 9.84 Å². The number of hydrogen-bond acceptors (Lipinski definition) is 5. The van der Waals surface area contributed by atoms with Crippen LogP contribution < -0.4 is 5.73 Å². The molecule has 0 spiro atoms. The molecule has 0 aromatic heterocycles. The van der Waals surface area contributed by atoms with Crippen LogP contribution in [0.25, 0.3) is 0 Å². The summed E-state index contributed by atoms with van der Waals surface area (Å²) in [5.41, 5.74) is 6.47. The topological polar surface area (TPSA) is 97.5 Å². The Balaban J connectivity index is 1.75. The van der Waals surface area contributed by atoms with E-state index in [1.54, 1.807) is 17.0 Å². The van der Waals surface area contributed by atoms with Gasteiger partial charge in [-0.15, -0.1) is 0 Å². The predicted octanol–water partition coefficient (Wildman–Crippen LogP) is 2.26. The Morgan fingerprint density at radius 1 is 1.11 bits per heavy atom. The average molecular weight is 398 g/mol. The summed E-state index contributed by atoms with van der Waals surface area (Å²) in [7, 11) is -3.86. The second-order valence-electron chi connectivity index (χ2n) is 8.15. The number of nitrogens with zero attached hydrogens (tertiary/aromatic N) is 1. The molecule has 1 saturated heterocycles. The van der Waals surface area contributed by atoms with E-state index in [1.807, 2.05) is 13.8 Å². The first-order chi connectivity index (χ1) is 13.1. The maximum absolute atomic E-state index is 13.0. The van der Waals surface area contributed by atoms with Crippen LogP contribution in [-0.2, 0) is 9.84 Å². The molecule has 1 unspecified atom stereocenters. The van der Waals surface area contributed by atoms with Crippen LogP contribution in [0.1, 0.15) is 46.5 Å². The predicted molar refractivity (Wildman–Crippen MR) is 104 cm³/mol. The van der Waals surface area contributed by atoms with Gasteiger partial charge in [0.25, 0.3) is 5.91 Å². The number of sulfone groups is 1. The Bertz CT molecular complexity index is 1110. The third-order valence-corrected chi connectivity index (χ3v) is 7.64. The molecule has 0 bridgehead atoms. The summed E-state index contributed by atoms with van der Waals surface area (Å²) < 4.78 is 26.1. The van der Waals surface area contributed by atoms with E-state index in [0.29, 0.717) is 19.5 Å². The first kappa shape index (κ1) is 18.8. The van der Waals surface area contributed by atoms with Gasteiger partial charge in [0, 0.05) is 35.8 Å². The molecule has 28 heavy (non-hydrogen) atoms. The van der Waals surface area contributed by atoms with E-state index in [-0.39, 0.29) is 49.6 Å². The third kappa shape index (κ3) is 2.77. The number of piperidine rings is 1. The van der Waals surface area contributed by atoms with E-state index in [9.17, 15) is 18.0 Å². The second kappa shape index (κ2) is 6.25. The SMILES string of the molecule is CC1(C)CN(C(=O)c2ccc3c(c2)S(=O)(=O)c2ccccc2C3=O)CCC1N. The minimum absolute atomic E-state index is 0.00887. The van der Waals surface area contributed by atoms with Crippen LogP contribution in [0.2, 0.25) is 0 Å². The van der Waals surface area contributed by atoms with E-state index in [2.05, 4.69) is 0 Å². The lowest BCUT2D eigenvalue weighted by atomic mass is 9.79. The highest BCUT2D eigenvalue weighted by atomic mass is 32.2. The number of carbonyl (C=O) groups is 2. The zero-order chi connectivity index (χ0) is 20.3. The number of rotatable bonds is 1. The molecule has 0 aliphatic carbocycles. The van der Waals surface area contributed by atoms with Crippen molar-refractivity contribution in [3.8, 4) is 0 Å². The molecule has 1 fully saturated rings. The minimum Gasteiger partial charge on any atom is -0.338 e. The Morgan fingerprint density at radius 2 is 1.79 bits per heavy atom. The van der Waals surface area contributed by atoms with Crippen molar-refractivity contribution in [2.45, 2.75) is 36.1 Å². The summed E-state index contributed by atoms with van der Waals surface area (Å²) in [5, 5.41) is 0. The van der Waals surface area contributed by atoms with Gasteiger partial charge in [-0.3, -0.25) is 9.59 Å². The van der Waals surface area contributed by atoms with Gasteiger partial charge in [-0.1, -0.05) is 26.0 Å². The van der Waals surface area contributed by atoms with Gasteiger partial charge >= 0.3 is 0 Å². The normalized spacial score (nSPS) is 22.3. The summed E-state index contributed by atoms with van der Waals surface area (Å²) >= 11 is 0. The lowest BCUT2D eigenvalue weighted by Crippen LogP contribution is -2.54. The van der Waals surface area contributed by atoms with Gasteiger partial charge in [0.1, 0.15) is 0 Å². The molecule has 2 aliphatic rings. The summed E-state index contributed by atoms with van der Waals surface area (Å²) in [6, 6.07) is 10.5. The number of fused-ring (bicyclic) bond motifs is 2. The molecule has 0 radical (unpaired) electrons. The molecule has 2 N–H and O–H groups in total. The molecular weight excluding hydrogens is 376 g/mol. The van der Waals surface area contributed by atoms with E-state index >= 15 is 0 Å². The molecular formula is C21H22N2O4S. The molecule has 2 aliphatic heterocycles. The summed E-state index contributed by atoms with van der Waals surface area (Å²) in [4.78, 5) is 27.3. The fraction of sp³-hybridized carbons (Fsp3) is 0.333. The molecule has 0 saturated carbocycles. The van der Waals surface area contributed by atoms with Crippen LogP contribution in [0.15, 0.2) is 52.3 Å². The van der Waals surface area contributed by atoms with Crippen LogP contribution in [-0.4, -0.2) is 44.1 Å². The maximum atomic E-state index is 13.0. The molecule has 6 nitrogen and oxygen atoms in total. The van der Waals surface area contributed by atoms with Crippen molar-refractivity contribution in [3.63, 3.8) is 0 Å². The lowest BCUT2D eigenvalue weighted by molar-refractivity contribution is 0.0532. The number of ketones is 1. The molecule has 1 atom stereocenters. The number of hydrogen-bond donors (Lipinski definition) is 1. The number of amides is 1. The Labute approximate surface area is 164 Å². The molecule has 7 heteroatoms. The average Bonchev–Trinajstić information content (AvgIpc) is 2.67. The summed E-state index contributed by atoms with van der Waals surface area (Å²) in [6.45, 7) is 5.06. The van der Waals surface area contributed by atoms with E-state index in [0.717, 1.165) is 0 Å². The van der Waals surface area contributed by atoms with Crippen molar-refractivity contribution >= 4 is 21.5 Å². The molecule has 4 rings (SSSR count). The highest BCUT2D eigenvalue weighted by Gasteiger charge is 2.38. The number of nitrogens with two attached hydrogens (primary N) is 1. The Kier molecular flexibility index (Phi) is 4.21. The van der Waals surface area contributed by atoms with Crippen molar-refractivity contribution in [1.82, 2.24) is 4.90 Å². The van der Waals surface area contributed by atoms with Gasteiger partial charge in [-0.05, 0) is 42.2 Å². The maximum Gasteiger partial charge on any atom is 0.253 e. The van der Waals surface area contributed by atoms with Crippen LogP contribution >= 0.6 is 0 Å². The second-order valence-corrected chi connectivity index (χ2v) is 10.0. The molecule has 2 aromatic carbocycles. The number of carbonyl (C=O) groups excluding carboxylic acids is 2. The van der Waals surface area contributed by atoms with Crippen molar-refractivity contribution < 1.29 is 18.0 Å². The molecule has 1 amide bonds. The van der Waals surface area contributed by atoms with Crippen molar-refractivity contribution in [2.75, 3.05) is 13.1 Å². The first-order valence-corrected chi connectivity index (χ1v) is 10.7. The minimum atomic E-state index is -3.86. The number of benzene rings is 2. The van der Waals surface area contributed by atoms with Gasteiger partial charge in [0.05, 0.1) is 9.79 Å². The van der Waals surface area contributed by atoms with Gasteiger partial charge in [0.2, 0.25) is 9.84 Å². The summed E-state index contributed by atoms with van der Waals surface area (Å²) in [6.07, 6.45) is 0.688. The largest absolute Gasteiger partial charge is 0.338 e. The fourth-order valence-electron chi connectivity index (χ4n) is 3.95. The standard InChI is InChI=1S/C21H22N2O4S/c1-21(2)12-23(10-9-18(21)22)20(25)13-7-8-15-17(11-13)28(26,27)16-6-4-3-5-14(16)19(15)24/h3-8,11,18H,9-10,12,22H2,1-2H3. The van der Waals surface area contributed by atoms with Gasteiger partial charge in [0.15, 0.2) is 5.78 Å². The van der Waals surface area contributed by atoms with Crippen molar-refractivity contribution in [1.29, 1.82) is 0 Å². The van der Waals surface area contributed by atoms with Gasteiger partial charge in [-0.2, -0.15) is 0 Å². The first-order valence-electron chi connectivity index (χ1n) is 9.21. The smallest absolute Gasteiger partial charge is 0.253 e. The summed E-state index contributed by atoms with van der Waals surface area (Å²) in [5.74, 6) is -0.589.